The summed E-state index contributed by atoms with van der Waals surface area (Å²) in [5, 5.41) is 20.8. The van der Waals surface area contributed by atoms with Gasteiger partial charge in [0.25, 0.3) is 0 Å². The maximum Gasteiger partial charge on any atom is 0.138 e. The van der Waals surface area contributed by atoms with Crippen molar-refractivity contribution in [1.29, 1.82) is 10.5 Å². The summed E-state index contributed by atoms with van der Waals surface area (Å²) in [4.78, 5) is 0. The van der Waals surface area contributed by atoms with Crippen LogP contribution >= 0.6 is 23.2 Å². The summed E-state index contributed by atoms with van der Waals surface area (Å²) in [6.07, 6.45) is 14.5. The Balaban J connectivity index is 1.63. The molecule has 0 radical (unpaired) electrons. The van der Waals surface area contributed by atoms with Gasteiger partial charge in [-0.25, -0.2) is 0 Å². The third kappa shape index (κ3) is 4.98. The number of unbranched alkanes of at least 4 members (excludes halogenated alkanes) is 3. The zero-order chi connectivity index (χ0) is 25.8. The molecule has 0 aliphatic heterocycles. The van der Waals surface area contributed by atoms with Gasteiger partial charge in [0, 0.05) is 11.1 Å². The van der Waals surface area contributed by atoms with E-state index < -0.39 is 0 Å². The lowest BCUT2D eigenvalue weighted by Crippen LogP contribution is -2.44. The molecule has 0 aromatic heterocycles. The molecule has 3 fully saturated rings. The van der Waals surface area contributed by atoms with E-state index in [0.717, 1.165) is 18.4 Å². The summed E-state index contributed by atoms with van der Waals surface area (Å²) in [5.74, 6) is 0.441. The summed E-state index contributed by atoms with van der Waals surface area (Å²) < 4.78 is 5.79. The van der Waals surface area contributed by atoms with Crippen molar-refractivity contribution < 1.29 is 4.74 Å². The highest BCUT2D eigenvalue weighted by Gasteiger charge is 2.49. The molecule has 3 aliphatic rings. The van der Waals surface area contributed by atoms with Gasteiger partial charge in [-0.2, -0.15) is 10.5 Å². The van der Waals surface area contributed by atoms with Gasteiger partial charge in [0.05, 0.1) is 22.2 Å². The number of hydrogen-bond donors (Lipinski definition) is 0. The Bertz CT molecular complexity index is 1170. The monoisotopic (exact) mass is 522 g/mol. The summed E-state index contributed by atoms with van der Waals surface area (Å²) in [6, 6.07) is 12.1. The van der Waals surface area contributed by atoms with E-state index in [4.69, 9.17) is 27.9 Å². The fourth-order valence-electron chi connectivity index (χ4n) is 6.44. The average molecular weight is 524 g/mol. The van der Waals surface area contributed by atoms with Crippen LogP contribution in [0.2, 0.25) is 10.0 Å². The van der Waals surface area contributed by atoms with Gasteiger partial charge < -0.3 is 4.74 Å². The quantitative estimate of drug-likeness (QED) is 0.291. The Morgan fingerprint density at radius 3 is 2.03 bits per heavy atom. The van der Waals surface area contributed by atoms with Gasteiger partial charge in [0.15, 0.2) is 0 Å². The maximum absolute atomic E-state index is 9.96. The number of ether oxygens (including phenoxy) is 1. The van der Waals surface area contributed by atoms with Crippen LogP contribution in [-0.4, -0.2) is 6.61 Å². The zero-order valence-electron chi connectivity index (χ0n) is 21.6. The molecule has 0 unspecified atom stereocenters. The van der Waals surface area contributed by atoms with Gasteiger partial charge in [-0.3, -0.25) is 0 Å². The topological polar surface area (TPSA) is 56.8 Å². The summed E-state index contributed by atoms with van der Waals surface area (Å²) in [7, 11) is 0. The molecule has 5 heteroatoms. The second-order valence-corrected chi connectivity index (χ2v) is 11.6. The Morgan fingerprint density at radius 1 is 0.778 bits per heavy atom. The van der Waals surface area contributed by atoms with Crippen LogP contribution < -0.4 is 4.74 Å². The molecule has 36 heavy (non-hydrogen) atoms. The molecule has 0 amide bonds. The first-order valence-corrected chi connectivity index (χ1v) is 14.3. The van der Waals surface area contributed by atoms with Crippen LogP contribution in [0.1, 0.15) is 108 Å². The van der Waals surface area contributed by atoms with E-state index in [-0.39, 0.29) is 16.5 Å². The van der Waals surface area contributed by atoms with Gasteiger partial charge in [-0.1, -0.05) is 74.9 Å². The highest BCUT2D eigenvalue weighted by Crippen LogP contribution is 2.61. The molecule has 0 heterocycles. The molecule has 2 aromatic rings. The predicted octanol–water partition coefficient (Wildman–Crippen LogP) is 9.75. The molecular formula is C31H36Cl2N2O. The zero-order valence-corrected chi connectivity index (χ0v) is 23.1. The van der Waals surface area contributed by atoms with E-state index in [0.29, 0.717) is 38.9 Å². The number of fused-ring (bicyclic) bond motifs is 3. The van der Waals surface area contributed by atoms with Crippen molar-refractivity contribution in [2.24, 2.45) is 5.41 Å². The Hall–Kier alpha value is -2.20. The highest BCUT2D eigenvalue weighted by atomic mass is 35.5. The fourth-order valence-corrected chi connectivity index (χ4v) is 7.07. The van der Waals surface area contributed by atoms with Crippen molar-refractivity contribution >= 4 is 23.2 Å². The van der Waals surface area contributed by atoms with Crippen LogP contribution in [0, 0.1) is 28.1 Å². The molecule has 5 rings (SSSR count). The fraction of sp³-hybridized carbons (Fsp3) is 0.548. The van der Waals surface area contributed by atoms with Gasteiger partial charge in [-0.15, -0.1) is 0 Å². The van der Waals surface area contributed by atoms with Gasteiger partial charge in [0.2, 0.25) is 0 Å². The SMILES string of the molecule is CCCCCC12CCC(c3ccc(-c4ccc(OCCCC)c(C#N)c4C#N)c(Cl)c3Cl)(CC1)CC2. The Kier molecular flexibility index (Phi) is 8.55. The number of nitrogens with zero attached hydrogens (tertiary/aromatic N) is 2. The number of halogens is 2. The third-order valence-corrected chi connectivity index (χ3v) is 9.68. The van der Waals surface area contributed by atoms with Crippen molar-refractivity contribution in [1.82, 2.24) is 0 Å². The lowest BCUT2D eigenvalue weighted by molar-refractivity contribution is 0.0306. The second kappa shape index (κ2) is 11.5. The highest BCUT2D eigenvalue weighted by molar-refractivity contribution is 6.44. The average Bonchev–Trinajstić information content (AvgIpc) is 2.91. The minimum absolute atomic E-state index is 0.0958. The van der Waals surface area contributed by atoms with Crippen LogP contribution in [-0.2, 0) is 5.41 Å². The molecular weight excluding hydrogens is 487 g/mol. The third-order valence-electron chi connectivity index (χ3n) is 8.80. The summed E-state index contributed by atoms with van der Waals surface area (Å²) >= 11 is 13.9. The molecule has 0 N–H and O–H groups in total. The minimum atomic E-state index is 0.0958. The van der Waals surface area contributed by atoms with Crippen LogP contribution in [0.25, 0.3) is 11.1 Å². The first-order valence-electron chi connectivity index (χ1n) is 13.5. The molecule has 3 nitrogen and oxygen atoms in total. The number of nitriles is 2. The van der Waals surface area contributed by atoms with Crippen LogP contribution in [0.5, 0.6) is 5.75 Å². The van der Waals surface area contributed by atoms with Gasteiger partial charge >= 0.3 is 0 Å². The standard InChI is InChI=1S/C31H36Cl2N2O/c1-3-5-7-12-30-13-16-31(17-14-30,18-15-30)26-10-8-23(28(32)29(26)33)22-9-11-27(36-19-6-4-2)25(21-35)24(22)20-34/h8-11H,3-7,12-19H2,1-2H3. The van der Waals surface area contributed by atoms with E-state index in [1.54, 1.807) is 6.07 Å². The smallest absolute Gasteiger partial charge is 0.138 e. The first kappa shape index (κ1) is 26.9. The maximum atomic E-state index is 9.96. The molecule has 2 bridgehead atoms. The molecule has 2 aromatic carbocycles. The van der Waals surface area contributed by atoms with Crippen LogP contribution in [0.15, 0.2) is 24.3 Å². The van der Waals surface area contributed by atoms with Gasteiger partial charge in [-0.05, 0) is 79.9 Å². The van der Waals surface area contributed by atoms with Crippen LogP contribution in [0.3, 0.4) is 0 Å². The normalized spacial score (nSPS) is 22.7. The Labute approximate surface area is 226 Å². The van der Waals surface area contributed by atoms with Crippen molar-refractivity contribution in [3.05, 3.63) is 51.0 Å². The molecule has 190 valence electrons. The molecule has 0 atom stereocenters. The van der Waals surface area contributed by atoms with Gasteiger partial charge in [0.1, 0.15) is 23.5 Å². The number of benzene rings is 2. The van der Waals surface area contributed by atoms with E-state index >= 15 is 0 Å². The van der Waals surface area contributed by atoms with Crippen molar-refractivity contribution in [2.75, 3.05) is 6.61 Å². The minimum Gasteiger partial charge on any atom is -0.492 e. The largest absolute Gasteiger partial charge is 0.492 e. The molecule has 0 spiro atoms. The lowest BCUT2D eigenvalue weighted by Gasteiger charge is -2.54. The summed E-state index contributed by atoms with van der Waals surface area (Å²) in [6.45, 7) is 4.87. The van der Waals surface area contributed by atoms with E-state index in [1.807, 2.05) is 12.1 Å². The Morgan fingerprint density at radius 2 is 1.42 bits per heavy atom. The summed E-state index contributed by atoms with van der Waals surface area (Å²) in [5.41, 5.74) is 3.62. The van der Waals surface area contributed by atoms with E-state index in [9.17, 15) is 10.5 Å². The second-order valence-electron chi connectivity index (χ2n) is 10.8. The van der Waals surface area contributed by atoms with Crippen LogP contribution in [0.4, 0.5) is 0 Å². The van der Waals surface area contributed by atoms with E-state index in [2.05, 4.69) is 32.1 Å². The number of rotatable bonds is 10. The predicted molar refractivity (Wildman–Crippen MR) is 148 cm³/mol. The number of hydrogen-bond acceptors (Lipinski definition) is 3. The first-order chi connectivity index (χ1) is 17.4. The molecule has 3 aliphatic carbocycles. The molecule has 3 saturated carbocycles. The van der Waals surface area contributed by atoms with Crippen molar-refractivity contribution in [3.8, 4) is 29.0 Å². The van der Waals surface area contributed by atoms with Crippen molar-refractivity contribution in [2.45, 2.75) is 96.3 Å². The van der Waals surface area contributed by atoms with E-state index in [1.165, 1.54) is 64.2 Å². The van der Waals surface area contributed by atoms with Crippen molar-refractivity contribution in [3.63, 3.8) is 0 Å². The molecule has 0 saturated heterocycles. The lowest BCUT2D eigenvalue weighted by atomic mass is 9.51.